The first kappa shape index (κ1) is 78.7. The molecule has 3 aliphatic rings. The molecule has 35 heteroatoms. The Morgan fingerprint density at radius 2 is 1.35 bits per heavy atom. The summed E-state index contributed by atoms with van der Waals surface area (Å²) in [5.41, 5.74) is 0.242. The molecule has 0 saturated heterocycles. The molecule has 0 spiro atoms. The molecule has 4 bridgehead atoms. The third-order valence-electron chi connectivity index (χ3n) is 17.1. The summed E-state index contributed by atoms with van der Waals surface area (Å²) >= 11 is 1.13. The number of aliphatic hydroxyl groups excluding tert-OH is 1. The minimum atomic E-state index is -1.85. The topological polar surface area (TPSA) is 499 Å². The number of aromatic nitrogens is 6. The average Bonchev–Trinajstić information content (AvgIpc) is 1.30. The van der Waals surface area contributed by atoms with Gasteiger partial charge in [-0.15, -0.1) is 5.10 Å². The lowest BCUT2D eigenvalue weighted by molar-refractivity contribution is -0.145. The van der Waals surface area contributed by atoms with E-state index in [4.69, 9.17) is 0 Å². The zero-order valence-electron chi connectivity index (χ0n) is 57.6. The zero-order valence-corrected chi connectivity index (χ0v) is 58.4. The number of nitrogens with one attached hydrogen (secondary N) is 13. The van der Waals surface area contributed by atoms with Gasteiger partial charge in [0.2, 0.25) is 65.0 Å². The molecule has 1 fully saturated rings. The van der Waals surface area contributed by atoms with Crippen LogP contribution in [0.2, 0.25) is 0 Å². The number of rotatable bonds is 15. The maximum atomic E-state index is 15.0. The number of benzene rings is 1. The normalized spacial score (nSPS) is 25.3. The number of aliphatic carboxylic acids is 2. The summed E-state index contributed by atoms with van der Waals surface area (Å²) in [5.74, 6) is -13.6. The molecule has 1 aromatic carbocycles. The summed E-state index contributed by atoms with van der Waals surface area (Å²) in [5, 5.41) is 72.4. The number of carbonyl (C=O) groups is 13. The number of carbonyl (C=O) groups excluding carboxylic acids is 11. The summed E-state index contributed by atoms with van der Waals surface area (Å²) in [6.45, 7) is 10.5. The van der Waals surface area contributed by atoms with E-state index >= 15 is 0 Å². The fraction of sp³-hybridized carbons (Fsp3) is 0.591. The van der Waals surface area contributed by atoms with Crippen LogP contribution in [0.25, 0.3) is 10.8 Å². The minimum absolute atomic E-state index is 0.00727. The van der Waals surface area contributed by atoms with Crippen LogP contribution in [0, 0.1) is 11.8 Å². The van der Waals surface area contributed by atoms with Crippen molar-refractivity contribution in [1.82, 2.24) is 93.7 Å². The summed E-state index contributed by atoms with van der Waals surface area (Å²) in [6.07, 6.45) is 4.13. The fourth-order valence-corrected chi connectivity index (χ4v) is 12.4. The maximum Gasteiger partial charge on any atom is 0.328 e. The number of thioether (sulfide) groups is 1. The SMILES string of the molecule is CC(C)[C@@H]1NC(=O)[C@@H]2CCCCn3cc(nn3)CC[C@H](NC(=O)[C@H](C)NC(=O)[C@@H](NC(C)(C)C)CSCC[C@@H](C(=O)N[C@H](C(=O)O)[C@@H](C)O)NC(=O)[C@H](Cc3cc4ccccc4cn3)NC1=O)C(=O)N[C@@H](Cc1c[nH]cn1)C(=O)N[C@@H](CC1CC1)C(=O)NCC(=O)N[C@@H](CCC(=O)O)C(=O)N2. The van der Waals surface area contributed by atoms with E-state index in [1.807, 2.05) is 6.07 Å². The highest BCUT2D eigenvalue weighted by molar-refractivity contribution is 7.99. The average molecular weight is 1430 g/mol. The molecular formula is C66H94N18O16S. The molecule has 5 heterocycles. The Bertz CT molecular complexity index is 3600. The summed E-state index contributed by atoms with van der Waals surface area (Å²) in [4.78, 5) is 196. The molecule has 101 heavy (non-hydrogen) atoms. The first-order valence-electron chi connectivity index (χ1n) is 33.9. The molecule has 4 aromatic rings. The van der Waals surface area contributed by atoms with Crippen molar-refractivity contribution in [2.75, 3.05) is 18.1 Å². The number of H-pyrrole nitrogens is 1. The van der Waals surface area contributed by atoms with Gasteiger partial charge in [-0.2, -0.15) is 11.8 Å². The number of hydrogen-bond donors (Lipinski definition) is 16. The number of carboxylic acids is 2. The van der Waals surface area contributed by atoms with Crippen LogP contribution in [-0.2, 0) is 88.1 Å². The Hall–Kier alpha value is -9.64. The van der Waals surface area contributed by atoms with Gasteiger partial charge >= 0.3 is 11.9 Å². The van der Waals surface area contributed by atoms with Crippen LogP contribution in [0.1, 0.15) is 130 Å². The highest BCUT2D eigenvalue weighted by Crippen LogP contribution is 2.33. The molecule has 34 nitrogen and oxygen atoms in total. The maximum absolute atomic E-state index is 15.0. The van der Waals surface area contributed by atoms with Crippen molar-refractivity contribution in [3.63, 3.8) is 0 Å². The Morgan fingerprint density at radius 3 is 2.01 bits per heavy atom. The molecule has 11 amide bonds. The van der Waals surface area contributed by atoms with Crippen LogP contribution in [0.15, 0.2) is 55.2 Å². The number of aromatic amines is 1. The van der Waals surface area contributed by atoms with Crippen molar-refractivity contribution < 1.29 is 77.6 Å². The Balaban J connectivity index is 1.31. The van der Waals surface area contributed by atoms with Gasteiger partial charge in [0, 0.05) is 66.8 Å². The number of nitrogens with zero attached hydrogens (tertiary/aromatic N) is 5. The first-order chi connectivity index (χ1) is 47.9. The number of amides is 11. The van der Waals surface area contributed by atoms with E-state index in [0.29, 0.717) is 22.5 Å². The number of aryl methyl sites for hydroxylation is 2. The van der Waals surface area contributed by atoms with Crippen LogP contribution in [0.4, 0.5) is 0 Å². The predicted molar refractivity (Wildman–Crippen MR) is 365 cm³/mol. The van der Waals surface area contributed by atoms with Crippen LogP contribution in [0.3, 0.4) is 0 Å². The minimum Gasteiger partial charge on any atom is -0.481 e. The Morgan fingerprint density at radius 1 is 0.693 bits per heavy atom. The third kappa shape index (κ3) is 25.2. The second kappa shape index (κ2) is 37.2. The highest BCUT2D eigenvalue weighted by atomic mass is 32.2. The molecule has 7 rings (SSSR count). The molecule has 3 aromatic heterocycles. The van der Waals surface area contributed by atoms with Gasteiger partial charge in [-0.3, -0.25) is 67.2 Å². The standard InChI is InChI=1S/C66H94N18O16S/c1-34(2)53-64(98)78-48(26-41-25-38-12-8-9-13-39(38)28-68-41)61(95)75-46(60(94)80-54(36(4)85)65(99)100)21-23-101-32-50(81-66(5,6)7)63(97)71-35(3)55(89)73-45-18-17-40-31-84(83-82-40)22-11-10-14-43(59(93)79-53)74-57(91)44(19-20-52(87)88)72-51(86)30-69-56(90)47(24-37-15-16-37)76-62(96)49(77-58(45)92)27-42-29-67-33-70-42/h8-9,12-13,25,28-29,31,33-37,43-50,53-54,81,85H,10-11,14-24,26-27,30,32H2,1-7H3,(H,67,70)(H,69,90)(H,71,97)(H,72,86)(H,73,89)(H,74,91)(H,75,95)(H,76,96)(H,77,92)(H,78,98)(H,79,93)(H,80,94)(H,87,88)(H,99,100)/t35-,36+,43-,44-,45-,46-,47-,48-,49-,50-,53-,54-/m0/s1. The quantitative estimate of drug-likeness (QED) is 0.0601. The van der Waals surface area contributed by atoms with E-state index in [9.17, 15) is 77.6 Å². The molecule has 1 saturated carbocycles. The van der Waals surface area contributed by atoms with E-state index in [1.165, 1.54) is 24.1 Å². The predicted octanol–water partition coefficient (Wildman–Crippen LogP) is -2.18. The Labute approximate surface area is 587 Å². The first-order valence-corrected chi connectivity index (χ1v) is 35.0. The lowest BCUT2D eigenvalue weighted by Gasteiger charge is -2.30. The van der Waals surface area contributed by atoms with Gasteiger partial charge in [0.15, 0.2) is 6.04 Å². The van der Waals surface area contributed by atoms with E-state index in [0.717, 1.165) is 36.9 Å². The van der Waals surface area contributed by atoms with Crippen LogP contribution in [0.5, 0.6) is 0 Å². The van der Waals surface area contributed by atoms with Crippen molar-refractivity contribution in [1.29, 1.82) is 0 Å². The van der Waals surface area contributed by atoms with Gasteiger partial charge in [-0.05, 0) is 115 Å². The third-order valence-corrected chi connectivity index (χ3v) is 18.2. The van der Waals surface area contributed by atoms with Gasteiger partial charge < -0.3 is 84.1 Å². The smallest absolute Gasteiger partial charge is 0.328 e. The van der Waals surface area contributed by atoms with Crippen molar-refractivity contribution in [2.24, 2.45) is 11.8 Å². The molecule has 0 unspecified atom stereocenters. The second-order valence-corrected chi connectivity index (χ2v) is 28.3. The van der Waals surface area contributed by atoms with Crippen LogP contribution in [-0.4, -0.2) is 218 Å². The number of fused-ring (bicyclic) bond motifs is 7. The lowest BCUT2D eigenvalue weighted by atomic mass is 10.00. The van der Waals surface area contributed by atoms with Crippen molar-refractivity contribution >= 4 is 99.5 Å². The Kier molecular flexibility index (Phi) is 28.9. The second-order valence-electron chi connectivity index (χ2n) is 27.2. The number of carboxylic acid groups (broad SMARTS) is 2. The molecule has 550 valence electrons. The molecule has 1 aliphatic carbocycles. The zero-order chi connectivity index (χ0) is 73.7. The number of aliphatic hydroxyl groups is 1. The van der Waals surface area contributed by atoms with Gasteiger partial charge in [0.25, 0.3) is 0 Å². The molecule has 0 radical (unpaired) electrons. The van der Waals surface area contributed by atoms with Crippen molar-refractivity contribution in [3.05, 3.63) is 72.3 Å². The summed E-state index contributed by atoms with van der Waals surface area (Å²) < 4.78 is 1.49. The molecule has 2 aliphatic heterocycles. The van der Waals surface area contributed by atoms with E-state index in [-0.39, 0.29) is 81.8 Å². The van der Waals surface area contributed by atoms with E-state index < -0.39 is 180 Å². The monoisotopic (exact) mass is 1430 g/mol. The van der Waals surface area contributed by atoms with Crippen molar-refractivity contribution in [3.8, 4) is 0 Å². The fourth-order valence-electron chi connectivity index (χ4n) is 11.3. The summed E-state index contributed by atoms with van der Waals surface area (Å²) in [6, 6.07) is -7.31. The van der Waals surface area contributed by atoms with Gasteiger partial charge in [0.05, 0.1) is 36.4 Å². The largest absolute Gasteiger partial charge is 0.481 e. The van der Waals surface area contributed by atoms with E-state index in [2.05, 4.69) is 89.1 Å². The highest BCUT2D eigenvalue weighted by Gasteiger charge is 2.39. The van der Waals surface area contributed by atoms with Crippen LogP contribution < -0.4 is 63.8 Å². The molecular weight excluding hydrogens is 1330 g/mol. The molecule has 16 N–H and O–H groups in total. The number of hydrogen-bond acceptors (Lipinski definition) is 20. The summed E-state index contributed by atoms with van der Waals surface area (Å²) in [7, 11) is 0. The van der Waals surface area contributed by atoms with E-state index in [1.54, 1.807) is 71.3 Å². The molecule has 12 atom stereocenters. The van der Waals surface area contributed by atoms with Crippen molar-refractivity contribution in [2.45, 2.75) is 217 Å². The van der Waals surface area contributed by atoms with Crippen LogP contribution >= 0.6 is 11.8 Å². The van der Waals surface area contributed by atoms with Gasteiger partial charge in [-0.25, -0.2) is 9.78 Å². The lowest BCUT2D eigenvalue weighted by Crippen LogP contribution is -2.61. The van der Waals surface area contributed by atoms with Gasteiger partial charge in [-0.1, -0.05) is 56.2 Å². The number of pyridine rings is 1. The number of imidazole rings is 1. The van der Waals surface area contributed by atoms with Gasteiger partial charge in [0.1, 0.15) is 54.4 Å².